The second-order valence-electron chi connectivity index (χ2n) is 5.63. The molecule has 0 bridgehead atoms. The molecule has 2 heteroatoms. The zero-order valence-electron chi connectivity index (χ0n) is 13.5. The maximum Gasteiger partial charge on any atom is 0.115 e. The molecule has 0 spiro atoms. The molecule has 24 heavy (non-hydrogen) atoms. The number of rotatable bonds is 4. The van der Waals surface area contributed by atoms with Gasteiger partial charge in [-0.3, -0.25) is 0 Å². The molecule has 0 heterocycles. The monoisotopic (exact) mass is 426 g/mol. The standard InChI is InChI=1S/C22H19IO/c1-2-21(16-6-4-3-5-7-16)22(17-8-12-19(23)13-9-17)18-10-14-20(24)15-11-18/h3-15,24H,2H2,1H3/b22-21-. The van der Waals surface area contributed by atoms with E-state index in [0.29, 0.717) is 5.75 Å². The summed E-state index contributed by atoms with van der Waals surface area (Å²) in [7, 11) is 0. The van der Waals surface area contributed by atoms with Gasteiger partial charge in [-0.05, 0) is 81.1 Å². The Kier molecular flexibility index (Phi) is 5.36. The van der Waals surface area contributed by atoms with Crippen LogP contribution in [0.5, 0.6) is 5.75 Å². The largest absolute Gasteiger partial charge is 0.508 e. The highest BCUT2D eigenvalue weighted by atomic mass is 127. The van der Waals surface area contributed by atoms with Gasteiger partial charge in [0.1, 0.15) is 5.75 Å². The first kappa shape index (κ1) is 16.8. The fourth-order valence-electron chi connectivity index (χ4n) is 2.92. The quantitative estimate of drug-likeness (QED) is 0.380. The molecule has 0 atom stereocenters. The fraction of sp³-hybridized carbons (Fsp3) is 0.0909. The Labute approximate surface area is 156 Å². The van der Waals surface area contributed by atoms with Gasteiger partial charge in [-0.15, -0.1) is 0 Å². The van der Waals surface area contributed by atoms with E-state index >= 15 is 0 Å². The van der Waals surface area contributed by atoms with Crippen LogP contribution in [0.2, 0.25) is 0 Å². The van der Waals surface area contributed by atoms with Crippen LogP contribution >= 0.6 is 22.6 Å². The summed E-state index contributed by atoms with van der Waals surface area (Å²) in [5, 5.41) is 9.64. The Balaban J connectivity index is 2.26. The van der Waals surface area contributed by atoms with E-state index in [9.17, 15) is 5.11 Å². The molecule has 3 aromatic carbocycles. The summed E-state index contributed by atoms with van der Waals surface area (Å²) in [5.74, 6) is 0.290. The second-order valence-corrected chi connectivity index (χ2v) is 6.87. The predicted molar refractivity (Wildman–Crippen MR) is 110 cm³/mol. The first-order valence-corrected chi connectivity index (χ1v) is 9.11. The Morgan fingerprint density at radius 1 is 0.750 bits per heavy atom. The molecule has 1 nitrogen and oxygen atoms in total. The van der Waals surface area contributed by atoms with Gasteiger partial charge in [0.25, 0.3) is 0 Å². The van der Waals surface area contributed by atoms with E-state index in [0.717, 1.165) is 12.0 Å². The van der Waals surface area contributed by atoms with Crippen molar-refractivity contribution >= 4 is 33.7 Å². The highest BCUT2D eigenvalue weighted by molar-refractivity contribution is 14.1. The van der Waals surface area contributed by atoms with Crippen molar-refractivity contribution in [1.29, 1.82) is 0 Å². The Hall–Kier alpha value is -2.07. The smallest absolute Gasteiger partial charge is 0.115 e. The second kappa shape index (κ2) is 7.67. The number of phenolic OH excluding ortho intramolecular Hbond substituents is 1. The van der Waals surface area contributed by atoms with Crippen LogP contribution in [0.15, 0.2) is 78.9 Å². The van der Waals surface area contributed by atoms with Crippen LogP contribution in [0.1, 0.15) is 30.0 Å². The van der Waals surface area contributed by atoms with Gasteiger partial charge in [-0.2, -0.15) is 0 Å². The lowest BCUT2D eigenvalue weighted by Crippen LogP contribution is -1.95. The SMILES string of the molecule is CC/C(=C(/c1ccc(O)cc1)c1ccc(I)cc1)c1ccccc1. The Morgan fingerprint density at radius 2 is 1.29 bits per heavy atom. The summed E-state index contributed by atoms with van der Waals surface area (Å²) in [6.45, 7) is 2.19. The highest BCUT2D eigenvalue weighted by Crippen LogP contribution is 2.35. The van der Waals surface area contributed by atoms with Gasteiger partial charge in [-0.1, -0.05) is 61.5 Å². The molecule has 0 fully saturated rings. The third-order valence-corrected chi connectivity index (χ3v) is 4.79. The van der Waals surface area contributed by atoms with E-state index in [2.05, 4.69) is 78.0 Å². The molecule has 1 N–H and O–H groups in total. The number of halogens is 1. The minimum Gasteiger partial charge on any atom is -0.508 e. The summed E-state index contributed by atoms with van der Waals surface area (Å²) in [5.41, 5.74) is 6.08. The average Bonchev–Trinajstić information content (AvgIpc) is 2.62. The molecule has 0 aliphatic heterocycles. The molecule has 120 valence electrons. The van der Waals surface area contributed by atoms with Crippen molar-refractivity contribution in [3.05, 3.63) is 99.1 Å². The van der Waals surface area contributed by atoms with Crippen LogP contribution in [-0.4, -0.2) is 5.11 Å². The molecule has 3 rings (SSSR count). The fourth-order valence-corrected chi connectivity index (χ4v) is 3.28. The summed E-state index contributed by atoms with van der Waals surface area (Å²) in [4.78, 5) is 0. The molecular weight excluding hydrogens is 407 g/mol. The predicted octanol–water partition coefficient (Wildman–Crippen LogP) is 6.37. The number of phenols is 1. The molecule has 0 unspecified atom stereocenters. The van der Waals surface area contributed by atoms with Crippen molar-refractivity contribution in [1.82, 2.24) is 0 Å². The number of hydrogen-bond acceptors (Lipinski definition) is 1. The Morgan fingerprint density at radius 3 is 1.83 bits per heavy atom. The zero-order chi connectivity index (χ0) is 16.9. The summed E-state index contributed by atoms with van der Waals surface area (Å²) in [6, 6.07) is 26.6. The molecule has 0 aliphatic carbocycles. The van der Waals surface area contributed by atoms with Crippen molar-refractivity contribution in [3.63, 3.8) is 0 Å². The van der Waals surface area contributed by atoms with E-state index in [1.807, 2.05) is 18.2 Å². The maximum atomic E-state index is 9.64. The highest BCUT2D eigenvalue weighted by Gasteiger charge is 2.13. The van der Waals surface area contributed by atoms with Crippen LogP contribution in [0.25, 0.3) is 11.1 Å². The van der Waals surface area contributed by atoms with E-state index in [1.54, 1.807) is 12.1 Å². The van der Waals surface area contributed by atoms with Gasteiger partial charge >= 0.3 is 0 Å². The normalized spacial score (nSPS) is 11.9. The maximum absolute atomic E-state index is 9.64. The third-order valence-electron chi connectivity index (χ3n) is 4.07. The molecule has 0 radical (unpaired) electrons. The van der Waals surface area contributed by atoms with Crippen LogP contribution in [0, 0.1) is 3.57 Å². The first-order valence-electron chi connectivity index (χ1n) is 8.03. The number of benzene rings is 3. The average molecular weight is 426 g/mol. The summed E-state index contributed by atoms with van der Waals surface area (Å²) < 4.78 is 1.22. The molecule has 3 aromatic rings. The van der Waals surface area contributed by atoms with Gasteiger partial charge in [-0.25, -0.2) is 0 Å². The number of hydrogen-bond donors (Lipinski definition) is 1. The van der Waals surface area contributed by atoms with Crippen LogP contribution < -0.4 is 0 Å². The van der Waals surface area contributed by atoms with Gasteiger partial charge < -0.3 is 5.11 Å². The van der Waals surface area contributed by atoms with Crippen molar-refractivity contribution in [2.45, 2.75) is 13.3 Å². The lowest BCUT2D eigenvalue weighted by Gasteiger charge is -2.16. The van der Waals surface area contributed by atoms with Gasteiger partial charge in [0.05, 0.1) is 0 Å². The summed E-state index contributed by atoms with van der Waals surface area (Å²) >= 11 is 2.33. The lowest BCUT2D eigenvalue weighted by atomic mass is 9.88. The number of allylic oxidation sites excluding steroid dienone is 1. The van der Waals surface area contributed by atoms with Crippen molar-refractivity contribution < 1.29 is 5.11 Å². The topological polar surface area (TPSA) is 20.2 Å². The van der Waals surface area contributed by atoms with Gasteiger partial charge in [0.15, 0.2) is 0 Å². The van der Waals surface area contributed by atoms with Crippen LogP contribution in [0.3, 0.4) is 0 Å². The van der Waals surface area contributed by atoms with E-state index < -0.39 is 0 Å². The lowest BCUT2D eigenvalue weighted by molar-refractivity contribution is 0.475. The van der Waals surface area contributed by atoms with Crippen molar-refractivity contribution in [2.75, 3.05) is 0 Å². The molecular formula is C22H19IO. The number of aromatic hydroxyl groups is 1. The van der Waals surface area contributed by atoms with E-state index in [-0.39, 0.29) is 0 Å². The molecule has 0 saturated heterocycles. The molecule has 0 aliphatic rings. The minimum atomic E-state index is 0.290. The van der Waals surface area contributed by atoms with E-state index in [4.69, 9.17) is 0 Å². The van der Waals surface area contributed by atoms with Crippen molar-refractivity contribution in [3.8, 4) is 5.75 Å². The zero-order valence-corrected chi connectivity index (χ0v) is 15.7. The van der Waals surface area contributed by atoms with Gasteiger partial charge in [0, 0.05) is 3.57 Å². The van der Waals surface area contributed by atoms with Crippen molar-refractivity contribution in [2.24, 2.45) is 0 Å². The van der Waals surface area contributed by atoms with E-state index in [1.165, 1.54) is 25.8 Å². The molecule has 0 saturated carbocycles. The first-order chi connectivity index (χ1) is 11.7. The Bertz CT molecular complexity index is 784. The van der Waals surface area contributed by atoms with Crippen LogP contribution in [0.4, 0.5) is 0 Å². The minimum absolute atomic E-state index is 0.290. The molecule has 0 aromatic heterocycles. The van der Waals surface area contributed by atoms with Crippen LogP contribution in [-0.2, 0) is 0 Å². The summed E-state index contributed by atoms with van der Waals surface area (Å²) in [6.07, 6.45) is 0.937. The molecule has 0 amide bonds. The van der Waals surface area contributed by atoms with Gasteiger partial charge in [0.2, 0.25) is 0 Å². The third kappa shape index (κ3) is 3.70.